The molecule has 6 rings (SSSR count). The average Bonchev–Trinajstić information content (AvgIpc) is 3.63. The quantitative estimate of drug-likeness (QED) is 0.196. The second kappa shape index (κ2) is 17.0. The molecule has 0 bridgehead atoms. The second-order valence-electron chi connectivity index (χ2n) is 13.6. The number of halogens is 4. The van der Waals surface area contributed by atoms with Crippen LogP contribution in [-0.4, -0.2) is 3.21 Å². The molecule has 0 atom stereocenters. The Bertz CT molecular complexity index is 1590. The summed E-state index contributed by atoms with van der Waals surface area (Å²) in [5.74, 6) is 0. The average molecular weight is 768 g/mol. The molecule has 0 aromatic heterocycles. The van der Waals surface area contributed by atoms with Gasteiger partial charge in [-0.15, -0.1) is 16.7 Å². The van der Waals surface area contributed by atoms with Crippen LogP contribution in [0.1, 0.15) is 86.1 Å². The molecule has 0 radical (unpaired) electrons. The molecule has 1 aliphatic carbocycles. The number of hydrogen-bond donors (Lipinski definition) is 0. The number of rotatable bonds is 2. The van der Waals surface area contributed by atoms with Crippen molar-refractivity contribution in [1.29, 1.82) is 0 Å². The third-order valence-electron chi connectivity index (χ3n) is 7.90. The zero-order chi connectivity index (χ0) is 32.2. The van der Waals surface area contributed by atoms with Crippen molar-refractivity contribution in [3.8, 4) is 11.1 Å². The number of fused-ring (bicyclic) bond motifs is 3. The molecule has 0 amide bonds. The minimum atomic E-state index is 0. The second-order valence-corrected chi connectivity index (χ2v) is 15.7. The third kappa shape index (κ3) is 10.3. The molecule has 0 fully saturated rings. The van der Waals surface area contributed by atoms with Gasteiger partial charge in [-0.05, 0) is 35.4 Å². The summed E-state index contributed by atoms with van der Waals surface area (Å²) in [6.07, 6.45) is 1.03. The van der Waals surface area contributed by atoms with Gasteiger partial charge in [-0.25, -0.2) is 12.1 Å². The summed E-state index contributed by atoms with van der Waals surface area (Å²) in [5, 5.41) is 1.53. The van der Waals surface area contributed by atoms with Gasteiger partial charge in [-0.2, -0.15) is 35.9 Å². The monoisotopic (exact) mass is 764 g/mol. The van der Waals surface area contributed by atoms with Crippen molar-refractivity contribution in [3.05, 3.63) is 158 Å². The fourth-order valence-corrected chi connectivity index (χ4v) is 6.81. The van der Waals surface area contributed by atoms with Gasteiger partial charge in [0.15, 0.2) is 0 Å². The van der Waals surface area contributed by atoms with Crippen molar-refractivity contribution in [1.82, 2.24) is 0 Å². The molecule has 0 aliphatic heterocycles. The fourth-order valence-electron chi connectivity index (χ4n) is 5.74. The van der Waals surface area contributed by atoms with Gasteiger partial charge in [0.25, 0.3) is 0 Å². The van der Waals surface area contributed by atoms with E-state index in [0.29, 0.717) is 0 Å². The summed E-state index contributed by atoms with van der Waals surface area (Å²) in [6.45, 7) is 18.2. The predicted molar refractivity (Wildman–Crippen MR) is 189 cm³/mol. The first-order valence-electron chi connectivity index (χ1n) is 15.1. The Balaban J connectivity index is 0.000000278. The van der Waals surface area contributed by atoms with Gasteiger partial charge in [-0.1, -0.05) is 71.6 Å². The van der Waals surface area contributed by atoms with Crippen molar-refractivity contribution in [3.63, 3.8) is 0 Å². The van der Waals surface area contributed by atoms with Crippen molar-refractivity contribution >= 4 is 26.4 Å². The minimum Gasteiger partial charge on any atom is -1.00 e. The summed E-state index contributed by atoms with van der Waals surface area (Å²) in [5.41, 5.74) is 14.0. The Labute approximate surface area is 314 Å². The molecular weight excluding hydrogens is 725 g/mol. The summed E-state index contributed by atoms with van der Waals surface area (Å²) in [6, 6.07) is 36.8. The zero-order valence-corrected chi connectivity index (χ0v) is 33.4. The summed E-state index contributed by atoms with van der Waals surface area (Å²) < 4.78 is 1.31. The summed E-state index contributed by atoms with van der Waals surface area (Å²) in [4.78, 5) is 0. The summed E-state index contributed by atoms with van der Waals surface area (Å²) in [7, 11) is 0. The van der Waals surface area contributed by atoms with Gasteiger partial charge >= 0.3 is 120 Å². The van der Waals surface area contributed by atoms with Crippen LogP contribution in [0.5, 0.6) is 0 Å². The van der Waals surface area contributed by atoms with Crippen molar-refractivity contribution in [2.45, 2.75) is 72.6 Å². The van der Waals surface area contributed by atoms with E-state index in [9.17, 15) is 0 Å². The SMILES string of the molecule is Cc1[c-]c2c(cc1C(C)(C)C)-c1cc(C(C)(C)C)c(C)cc1C2.Clc1ccc([C](=[Zr+2])c2ccc(Cl)cc2)cc1.[Cl-].[Cl-].c1cc[cH-]c1. The first-order chi connectivity index (χ1) is 20.6. The molecular formula is C41H42Cl4Zr-2. The molecule has 0 saturated heterocycles. The molecule has 5 aromatic rings. The Morgan fingerprint density at radius 1 is 0.696 bits per heavy atom. The van der Waals surface area contributed by atoms with E-state index in [1.165, 1.54) is 83.1 Å². The third-order valence-corrected chi connectivity index (χ3v) is 9.82. The standard InChI is InChI=1S/C23H29.C13H8Cl2.C5H5.2ClH.Zr/c1-14-9-16-11-17-10-15(2)21(23(6,7)8)13-19(17)18(16)12-20(14)22(3,4)5;14-12-5-1-10(2-6-12)9-11-3-7-13(15)8-4-11;1-2-4-5-3-1;;;/h9,12-13H,11H2,1-8H3;1-8H;1-5H;2*1H;/q-1;;-1;;;+2/p-2. The molecule has 46 heavy (non-hydrogen) atoms. The van der Waals surface area contributed by atoms with Crippen LogP contribution in [0, 0.1) is 19.9 Å². The molecule has 5 aromatic carbocycles. The van der Waals surface area contributed by atoms with Crippen LogP contribution < -0.4 is 24.8 Å². The van der Waals surface area contributed by atoms with Crippen LogP contribution in [0.25, 0.3) is 11.1 Å². The number of benzene rings is 4. The van der Waals surface area contributed by atoms with Gasteiger partial charge in [0.2, 0.25) is 0 Å². The van der Waals surface area contributed by atoms with Gasteiger partial charge < -0.3 is 24.8 Å². The van der Waals surface area contributed by atoms with Crippen molar-refractivity contribution in [2.75, 3.05) is 0 Å². The van der Waals surface area contributed by atoms with Gasteiger partial charge in [0.1, 0.15) is 0 Å². The van der Waals surface area contributed by atoms with Gasteiger partial charge in [0, 0.05) is 0 Å². The van der Waals surface area contributed by atoms with E-state index in [-0.39, 0.29) is 35.6 Å². The molecule has 0 saturated carbocycles. The first-order valence-corrected chi connectivity index (χ1v) is 17.1. The van der Waals surface area contributed by atoms with Crippen LogP contribution in [0.15, 0.2) is 97.1 Å². The minimum absolute atomic E-state index is 0. The zero-order valence-electron chi connectivity index (χ0n) is 28.0. The van der Waals surface area contributed by atoms with Crippen molar-refractivity contribution < 1.29 is 49.0 Å². The van der Waals surface area contributed by atoms with E-state index in [1.54, 1.807) is 0 Å². The maximum atomic E-state index is 5.86. The van der Waals surface area contributed by atoms with E-state index in [4.69, 9.17) is 23.2 Å². The molecule has 1 aliphatic rings. The Morgan fingerprint density at radius 3 is 1.57 bits per heavy atom. The van der Waals surface area contributed by atoms with Crippen LogP contribution in [-0.2, 0) is 41.5 Å². The molecule has 0 N–H and O–H groups in total. The van der Waals surface area contributed by atoms with E-state index < -0.39 is 0 Å². The van der Waals surface area contributed by atoms with Gasteiger partial charge in [-0.3, -0.25) is 0 Å². The largest absolute Gasteiger partial charge is 1.00 e. The summed E-state index contributed by atoms with van der Waals surface area (Å²) >= 11 is 13.1. The molecule has 5 heteroatoms. The fraction of sp³-hybridized carbons (Fsp3) is 0.268. The van der Waals surface area contributed by atoms with Crippen LogP contribution >= 0.6 is 23.2 Å². The topological polar surface area (TPSA) is 0 Å². The molecule has 240 valence electrons. The smallest absolute Gasteiger partial charge is 0.172 e. The van der Waals surface area contributed by atoms with E-state index in [2.05, 4.69) is 79.7 Å². The van der Waals surface area contributed by atoms with E-state index >= 15 is 0 Å². The van der Waals surface area contributed by atoms with Gasteiger partial charge in [0.05, 0.1) is 0 Å². The van der Waals surface area contributed by atoms with E-state index in [0.717, 1.165) is 16.5 Å². The van der Waals surface area contributed by atoms with Crippen LogP contribution in [0.2, 0.25) is 10.0 Å². The van der Waals surface area contributed by atoms with E-state index in [1.807, 2.05) is 78.9 Å². The molecule has 0 unspecified atom stereocenters. The molecule has 0 nitrogen and oxygen atoms in total. The first kappa shape index (κ1) is 40.3. The Hall–Kier alpha value is -1.86. The maximum absolute atomic E-state index is 5.86. The molecule has 0 heterocycles. The van der Waals surface area contributed by atoms with Crippen LogP contribution in [0.4, 0.5) is 0 Å². The normalized spacial score (nSPS) is 11.4. The Morgan fingerprint density at radius 2 is 1.15 bits per heavy atom. The predicted octanol–water partition coefficient (Wildman–Crippen LogP) is 5.79. The van der Waals surface area contributed by atoms with Crippen LogP contribution in [0.3, 0.4) is 0 Å². The Kier molecular flexibility index (Phi) is 14.9. The number of hydrogen-bond acceptors (Lipinski definition) is 0. The molecule has 0 spiro atoms. The maximum Gasteiger partial charge on any atom is -0.172 e. The number of aryl methyl sites for hydroxylation is 2. The van der Waals surface area contributed by atoms with Crippen molar-refractivity contribution in [2.24, 2.45) is 0 Å².